The molecule has 2 heteroatoms. The molecule has 0 radical (unpaired) electrons. The summed E-state index contributed by atoms with van der Waals surface area (Å²) < 4.78 is 5.61. The van der Waals surface area contributed by atoms with Crippen LogP contribution in [0.15, 0.2) is 11.6 Å². The molecule has 0 amide bonds. The molecule has 176 valence electrons. The maximum Gasteiger partial charge on any atom is 0.302 e. The van der Waals surface area contributed by atoms with E-state index in [0.29, 0.717) is 10.8 Å². The Labute approximate surface area is 192 Å². The Balaban J connectivity index is 1.47. The minimum absolute atomic E-state index is 0.115. The van der Waals surface area contributed by atoms with Crippen molar-refractivity contribution in [2.45, 2.75) is 118 Å². The summed E-state index contributed by atoms with van der Waals surface area (Å²) in [5.74, 6) is 5.19. The predicted octanol–water partition coefficient (Wildman–Crippen LogP) is 7.96. The molecule has 0 heterocycles. The van der Waals surface area contributed by atoms with Gasteiger partial charge < -0.3 is 4.74 Å². The molecule has 3 fully saturated rings. The molecule has 31 heavy (non-hydrogen) atoms. The zero-order valence-electron chi connectivity index (χ0n) is 21.2. The second kappa shape index (κ2) is 8.86. The van der Waals surface area contributed by atoms with Crippen molar-refractivity contribution in [3.63, 3.8) is 0 Å². The first-order chi connectivity index (χ1) is 14.6. The molecular formula is C29H48O2. The molecular weight excluding hydrogens is 380 g/mol. The quantitative estimate of drug-likeness (QED) is 0.317. The predicted molar refractivity (Wildman–Crippen MR) is 129 cm³/mol. The maximum atomic E-state index is 11.5. The summed E-state index contributed by atoms with van der Waals surface area (Å²) >= 11 is 0. The summed E-state index contributed by atoms with van der Waals surface area (Å²) in [4.78, 5) is 11.5. The third kappa shape index (κ3) is 4.26. The minimum Gasteiger partial charge on any atom is -0.462 e. The van der Waals surface area contributed by atoms with Gasteiger partial charge in [-0.05, 0) is 91.3 Å². The number of carbonyl (C=O) groups excluding carboxylic acids is 1. The average molecular weight is 429 g/mol. The Morgan fingerprint density at radius 1 is 1.06 bits per heavy atom. The highest BCUT2D eigenvalue weighted by atomic mass is 16.5. The van der Waals surface area contributed by atoms with Crippen molar-refractivity contribution < 1.29 is 9.53 Å². The van der Waals surface area contributed by atoms with Gasteiger partial charge in [0.2, 0.25) is 0 Å². The number of fused-ring (bicyclic) bond motifs is 5. The van der Waals surface area contributed by atoms with Gasteiger partial charge in [-0.25, -0.2) is 0 Å². The largest absolute Gasteiger partial charge is 0.462 e. The zero-order chi connectivity index (χ0) is 22.4. The average Bonchev–Trinajstić information content (AvgIpc) is 3.05. The third-order valence-corrected chi connectivity index (χ3v) is 10.6. The van der Waals surface area contributed by atoms with Crippen LogP contribution in [-0.4, -0.2) is 12.1 Å². The Hall–Kier alpha value is -0.790. The Bertz CT molecular complexity index is 693. The van der Waals surface area contributed by atoms with E-state index < -0.39 is 0 Å². The van der Waals surface area contributed by atoms with Crippen LogP contribution < -0.4 is 0 Å². The van der Waals surface area contributed by atoms with E-state index >= 15 is 0 Å². The smallest absolute Gasteiger partial charge is 0.302 e. The van der Waals surface area contributed by atoms with Gasteiger partial charge in [0, 0.05) is 13.3 Å². The van der Waals surface area contributed by atoms with Gasteiger partial charge >= 0.3 is 5.97 Å². The second-order valence-electron chi connectivity index (χ2n) is 12.8. The summed E-state index contributed by atoms with van der Waals surface area (Å²) in [5, 5.41) is 0. The van der Waals surface area contributed by atoms with Gasteiger partial charge in [-0.2, -0.15) is 0 Å². The lowest BCUT2D eigenvalue weighted by Gasteiger charge is -2.58. The van der Waals surface area contributed by atoms with E-state index in [0.717, 1.165) is 48.3 Å². The molecule has 0 aromatic carbocycles. The van der Waals surface area contributed by atoms with Gasteiger partial charge in [0.05, 0.1) is 0 Å². The Kier molecular flexibility index (Phi) is 6.68. The summed E-state index contributed by atoms with van der Waals surface area (Å²) in [6.07, 6.45) is 17.2. The van der Waals surface area contributed by atoms with E-state index in [2.05, 4.69) is 40.7 Å². The van der Waals surface area contributed by atoms with Crippen LogP contribution in [0.2, 0.25) is 0 Å². The summed E-state index contributed by atoms with van der Waals surface area (Å²) in [7, 11) is 0. The van der Waals surface area contributed by atoms with Gasteiger partial charge in [0.25, 0.3) is 0 Å². The van der Waals surface area contributed by atoms with E-state index in [9.17, 15) is 4.79 Å². The molecule has 2 nitrogen and oxygen atoms in total. The lowest BCUT2D eigenvalue weighted by Crippen LogP contribution is -2.51. The van der Waals surface area contributed by atoms with Crippen molar-refractivity contribution in [1.82, 2.24) is 0 Å². The number of esters is 1. The van der Waals surface area contributed by atoms with E-state index in [-0.39, 0.29) is 12.1 Å². The van der Waals surface area contributed by atoms with Crippen LogP contribution in [0.4, 0.5) is 0 Å². The lowest BCUT2D eigenvalue weighted by atomic mass is 9.47. The number of rotatable bonds is 6. The number of allylic oxidation sites excluding steroid dienone is 1. The number of ether oxygens (including phenoxy) is 1. The molecule has 0 aliphatic heterocycles. The van der Waals surface area contributed by atoms with Crippen LogP contribution in [0.5, 0.6) is 0 Å². The van der Waals surface area contributed by atoms with Crippen molar-refractivity contribution in [3.8, 4) is 0 Å². The van der Waals surface area contributed by atoms with E-state index in [4.69, 9.17) is 4.74 Å². The van der Waals surface area contributed by atoms with Crippen LogP contribution in [0.1, 0.15) is 112 Å². The molecule has 4 rings (SSSR count). The summed E-state index contributed by atoms with van der Waals surface area (Å²) in [6.45, 7) is 14.1. The molecule has 0 N–H and O–H groups in total. The topological polar surface area (TPSA) is 26.3 Å². The first-order valence-corrected chi connectivity index (χ1v) is 13.5. The van der Waals surface area contributed by atoms with E-state index in [1.807, 2.05) is 0 Å². The highest BCUT2D eigenvalue weighted by Gasteiger charge is 2.59. The van der Waals surface area contributed by atoms with Gasteiger partial charge in [-0.3, -0.25) is 4.79 Å². The molecule has 0 aromatic heterocycles. The SMILES string of the molecule is CC(=O)O[C@H]1CC[C@@]2(C)C(=CC[C@@H]3[C@H]4CC[C@H]([C@H](C)CCCC(C)C)[C@@]4(C)CC[C@H]32)C1. The van der Waals surface area contributed by atoms with Crippen LogP contribution >= 0.6 is 0 Å². The molecule has 8 atom stereocenters. The number of hydrogen-bond donors (Lipinski definition) is 0. The highest BCUT2D eigenvalue weighted by Crippen LogP contribution is 2.67. The second-order valence-corrected chi connectivity index (χ2v) is 12.8. The van der Waals surface area contributed by atoms with E-state index in [1.165, 1.54) is 57.8 Å². The van der Waals surface area contributed by atoms with Crippen LogP contribution in [-0.2, 0) is 9.53 Å². The fourth-order valence-corrected chi connectivity index (χ4v) is 8.99. The molecule has 0 bridgehead atoms. The number of carbonyl (C=O) groups is 1. The fraction of sp³-hybridized carbons (Fsp3) is 0.897. The van der Waals surface area contributed by atoms with Crippen molar-refractivity contribution in [2.24, 2.45) is 46.3 Å². The van der Waals surface area contributed by atoms with Crippen LogP contribution in [0.25, 0.3) is 0 Å². The fourth-order valence-electron chi connectivity index (χ4n) is 8.99. The molecule has 3 saturated carbocycles. The van der Waals surface area contributed by atoms with Gasteiger partial charge in [0.1, 0.15) is 6.10 Å². The summed E-state index contributed by atoms with van der Waals surface area (Å²) in [6, 6.07) is 0. The Morgan fingerprint density at radius 3 is 2.55 bits per heavy atom. The van der Waals surface area contributed by atoms with Crippen molar-refractivity contribution in [3.05, 3.63) is 11.6 Å². The van der Waals surface area contributed by atoms with Gasteiger partial charge in [-0.1, -0.05) is 65.5 Å². The van der Waals surface area contributed by atoms with Crippen molar-refractivity contribution in [2.75, 3.05) is 0 Å². The number of hydrogen-bond acceptors (Lipinski definition) is 2. The van der Waals surface area contributed by atoms with Gasteiger partial charge in [0.15, 0.2) is 0 Å². The first kappa shape index (κ1) is 23.4. The minimum atomic E-state index is -0.115. The van der Waals surface area contributed by atoms with Crippen LogP contribution in [0, 0.1) is 46.3 Å². The first-order valence-electron chi connectivity index (χ1n) is 13.5. The lowest BCUT2D eigenvalue weighted by molar-refractivity contribution is -0.148. The van der Waals surface area contributed by atoms with Gasteiger partial charge in [-0.15, -0.1) is 0 Å². The third-order valence-electron chi connectivity index (χ3n) is 10.6. The molecule has 0 unspecified atom stereocenters. The van der Waals surface area contributed by atoms with E-state index in [1.54, 1.807) is 12.5 Å². The van der Waals surface area contributed by atoms with Crippen molar-refractivity contribution >= 4 is 5.97 Å². The van der Waals surface area contributed by atoms with Crippen LogP contribution in [0.3, 0.4) is 0 Å². The normalized spacial score (nSPS) is 42.9. The maximum absolute atomic E-state index is 11.5. The zero-order valence-corrected chi connectivity index (χ0v) is 21.2. The summed E-state index contributed by atoms with van der Waals surface area (Å²) in [5.41, 5.74) is 2.53. The standard InChI is InChI=1S/C29H48O2/c1-19(2)8-7-9-20(3)25-12-13-26-24-11-10-22-18-23(31-21(4)30)14-16-28(22,5)27(24)15-17-29(25,26)6/h10,19-20,23-27H,7-9,11-18H2,1-6H3/t20-,23+,24-,25-,26-,27-,28+,29-/m1/s1. The molecule has 4 aliphatic carbocycles. The molecule has 4 aliphatic rings. The molecule has 0 saturated heterocycles. The molecule has 0 aromatic rings. The monoisotopic (exact) mass is 428 g/mol. The molecule has 0 spiro atoms. The highest BCUT2D eigenvalue weighted by molar-refractivity contribution is 5.66. The Morgan fingerprint density at radius 2 is 1.84 bits per heavy atom. The van der Waals surface area contributed by atoms with Crippen molar-refractivity contribution in [1.29, 1.82) is 0 Å².